The van der Waals surface area contributed by atoms with Crippen LogP contribution in [-0.2, 0) is 16.8 Å². The van der Waals surface area contributed by atoms with Crippen molar-refractivity contribution in [2.45, 2.75) is 32.7 Å². The molecule has 3 aromatic rings. The molecule has 0 radical (unpaired) electrons. The molecule has 0 saturated heterocycles. The summed E-state index contributed by atoms with van der Waals surface area (Å²) in [5, 5.41) is 6.52. The lowest BCUT2D eigenvalue weighted by molar-refractivity contribution is -0.116. The van der Waals surface area contributed by atoms with Crippen LogP contribution in [0.3, 0.4) is 0 Å². The molecule has 3 rings (SSSR count). The molecule has 0 aliphatic heterocycles. The van der Waals surface area contributed by atoms with Crippen LogP contribution < -0.4 is 11.0 Å². The molecule has 23 heavy (non-hydrogen) atoms. The number of nitrogens with one attached hydrogen (secondary N) is 1. The van der Waals surface area contributed by atoms with Crippen LogP contribution in [0.1, 0.15) is 25.6 Å². The van der Waals surface area contributed by atoms with Crippen LogP contribution in [-0.4, -0.2) is 25.3 Å². The third-order valence-corrected chi connectivity index (χ3v) is 4.16. The predicted octanol–water partition coefficient (Wildman–Crippen LogP) is 1.72. The number of hydrogen-bond donors (Lipinski definition) is 1. The summed E-state index contributed by atoms with van der Waals surface area (Å²) < 4.78 is 2.80. The van der Waals surface area contributed by atoms with Crippen molar-refractivity contribution in [3.63, 3.8) is 0 Å². The average molecular weight is 331 g/mol. The van der Waals surface area contributed by atoms with Crippen LogP contribution in [0.4, 0.5) is 0 Å². The normalized spacial score (nSPS) is 11.8. The first-order chi connectivity index (χ1) is 10.9. The summed E-state index contributed by atoms with van der Waals surface area (Å²) in [5.74, 6) is -0.265. The number of thiophene rings is 1. The smallest absolute Gasteiger partial charge is 0.273 e. The van der Waals surface area contributed by atoms with Crippen LogP contribution in [0.15, 0.2) is 34.8 Å². The van der Waals surface area contributed by atoms with Gasteiger partial charge in [-0.2, -0.15) is 5.10 Å². The van der Waals surface area contributed by atoms with Crippen molar-refractivity contribution in [2.75, 3.05) is 5.43 Å². The van der Waals surface area contributed by atoms with Crippen molar-refractivity contribution in [3.8, 4) is 0 Å². The molecule has 0 unspecified atom stereocenters. The number of rotatable bonds is 3. The van der Waals surface area contributed by atoms with E-state index in [0.717, 1.165) is 9.55 Å². The maximum atomic E-state index is 12.5. The lowest BCUT2D eigenvalue weighted by atomic mass is 10.1. The maximum Gasteiger partial charge on any atom is 0.283 e. The minimum Gasteiger partial charge on any atom is -0.273 e. The number of fused-ring (bicyclic) bond motifs is 1. The van der Waals surface area contributed by atoms with Crippen LogP contribution in [0.5, 0.6) is 0 Å². The van der Waals surface area contributed by atoms with Crippen LogP contribution in [0, 0.1) is 0 Å². The SMILES string of the molecule is CC(C)(C)n1ncc2c(=O)n(NC(=O)Cc3cccs3)cnc21. The summed E-state index contributed by atoms with van der Waals surface area (Å²) >= 11 is 1.50. The Hall–Kier alpha value is -2.48. The summed E-state index contributed by atoms with van der Waals surface area (Å²) in [5.41, 5.74) is 2.44. The summed E-state index contributed by atoms with van der Waals surface area (Å²) in [6, 6.07) is 3.76. The molecule has 0 atom stereocenters. The Balaban J connectivity index is 1.89. The first-order valence-corrected chi connectivity index (χ1v) is 8.02. The summed E-state index contributed by atoms with van der Waals surface area (Å²) in [6.07, 6.45) is 3.03. The van der Waals surface area contributed by atoms with Gasteiger partial charge in [0.25, 0.3) is 5.56 Å². The number of carbonyl (C=O) groups is 1. The van der Waals surface area contributed by atoms with Crippen LogP contribution >= 0.6 is 11.3 Å². The monoisotopic (exact) mass is 331 g/mol. The fraction of sp³-hybridized carbons (Fsp3) is 0.333. The highest BCUT2D eigenvalue weighted by Gasteiger charge is 2.20. The molecule has 1 amide bonds. The molecule has 3 aromatic heterocycles. The highest BCUT2D eigenvalue weighted by molar-refractivity contribution is 7.10. The second-order valence-electron chi connectivity index (χ2n) is 6.18. The van der Waals surface area contributed by atoms with Gasteiger partial charge in [-0.3, -0.25) is 15.0 Å². The maximum absolute atomic E-state index is 12.5. The van der Waals surface area contributed by atoms with Gasteiger partial charge in [0, 0.05) is 4.88 Å². The molecule has 0 bridgehead atoms. The highest BCUT2D eigenvalue weighted by atomic mass is 32.1. The van der Waals surface area contributed by atoms with Crippen molar-refractivity contribution < 1.29 is 4.79 Å². The van der Waals surface area contributed by atoms with E-state index in [1.807, 2.05) is 38.3 Å². The molecule has 120 valence electrons. The average Bonchev–Trinajstić information content (AvgIpc) is 3.10. The van der Waals surface area contributed by atoms with E-state index in [9.17, 15) is 9.59 Å². The number of nitrogens with zero attached hydrogens (tertiary/aromatic N) is 4. The van der Waals surface area contributed by atoms with Gasteiger partial charge in [-0.25, -0.2) is 14.3 Å². The molecule has 7 nitrogen and oxygen atoms in total. The second kappa shape index (κ2) is 5.62. The Morgan fingerprint density at radius 3 is 2.83 bits per heavy atom. The molecule has 1 N–H and O–H groups in total. The summed E-state index contributed by atoms with van der Waals surface area (Å²) in [7, 11) is 0. The van der Waals surface area contributed by atoms with Gasteiger partial charge in [-0.05, 0) is 32.2 Å². The predicted molar refractivity (Wildman–Crippen MR) is 89.2 cm³/mol. The van der Waals surface area contributed by atoms with Crippen molar-refractivity contribution >= 4 is 28.3 Å². The van der Waals surface area contributed by atoms with E-state index in [2.05, 4.69) is 15.5 Å². The van der Waals surface area contributed by atoms with E-state index >= 15 is 0 Å². The Bertz CT molecular complexity index is 902. The lowest BCUT2D eigenvalue weighted by Crippen LogP contribution is -2.34. The van der Waals surface area contributed by atoms with E-state index < -0.39 is 0 Å². The van der Waals surface area contributed by atoms with Gasteiger partial charge in [0.2, 0.25) is 5.91 Å². The van der Waals surface area contributed by atoms with Crippen molar-refractivity contribution in [1.29, 1.82) is 0 Å². The zero-order valence-corrected chi connectivity index (χ0v) is 13.9. The number of hydrogen-bond acceptors (Lipinski definition) is 5. The summed E-state index contributed by atoms with van der Waals surface area (Å²) in [4.78, 5) is 29.7. The standard InChI is InChI=1S/C15H17N5O2S/c1-15(2,3)20-13-11(8-17-20)14(22)19(9-16-13)18-12(21)7-10-5-4-6-23-10/h4-6,8-9H,7H2,1-3H3,(H,18,21). The molecule has 0 spiro atoms. The number of aromatic nitrogens is 4. The zero-order chi connectivity index (χ0) is 16.6. The van der Waals surface area contributed by atoms with Gasteiger partial charge < -0.3 is 0 Å². The minimum absolute atomic E-state index is 0.226. The third kappa shape index (κ3) is 3.02. The number of amides is 1. The quantitative estimate of drug-likeness (QED) is 0.792. The Morgan fingerprint density at radius 2 is 2.17 bits per heavy atom. The molecular weight excluding hydrogens is 314 g/mol. The van der Waals surface area contributed by atoms with E-state index in [4.69, 9.17) is 0 Å². The third-order valence-electron chi connectivity index (χ3n) is 3.28. The second-order valence-corrected chi connectivity index (χ2v) is 7.21. The largest absolute Gasteiger partial charge is 0.283 e. The zero-order valence-electron chi connectivity index (χ0n) is 13.1. The van der Waals surface area contributed by atoms with Crippen molar-refractivity contribution in [3.05, 3.63) is 45.3 Å². The van der Waals surface area contributed by atoms with Gasteiger partial charge in [0.1, 0.15) is 11.7 Å². The van der Waals surface area contributed by atoms with Gasteiger partial charge in [-0.1, -0.05) is 6.07 Å². The van der Waals surface area contributed by atoms with E-state index in [0.29, 0.717) is 11.0 Å². The van der Waals surface area contributed by atoms with Crippen LogP contribution in [0.25, 0.3) is 11.0 Å². The molecule has 0 saturated carbocycles. The molecule has 3 heterocycles. The molecule has 0 aliphatic carbocycles. The lowest BCUT2D eigenvalue weighted by Gasteiger charge is -2.19. The van der Waals surface area contributed by atoms with Gasteiger partial charge >= 0.3 is 0 Å². The van der Waals surface area contributed by atoms with Gasteiger partial charge in [0.15, 0.2) is 5.65 Å². The molecule has 0 fully saturated rings. The molecule has 0 aromatic carbocycles. The fourth-order valence-electron chi connectivity index (χ4n) is 2.23. The minimum atomic E-state index is -0.343. The van der Waals surface area contributed by atoms with E-state index in [1.54, 1.807) is 4.68 Å². The molecule has 0 aliphatic rings. The van der Waals surface area contributed by atoms with Crippen molar-refractivity contribution in [1.82, 2.24) is 19.4 Å². The van der Waals surface area contributed by atoms with Crippen molar-refractivity contribution in [2.24, 2.45) is 0 Å². The van der Waals surface area contributed by atoms with E-state index in [1.165, 1.54) is 23.9 Å². The first kappa shape index (κ1) is 15.4. The topological polar surface area (TPSA) is 81.8 Å². The highest BCUT2D eigenvalue weighted by Crippen LogP contribution is 2.17. The van der Waals surface area contributed by atoms with E-state index in [-0.39, 0.29) is 23.4 Å². The van der Waals surface area contributed by atoms with Crippen LogP contribution in [0.2, 0.25) is 0 Å². The van der Waals surface area contributed by atoms with Gasteiger partial charge in [0.05, 0.1) is 18.2 Å². The number of carbonyl (C=O) groups excluding carboxylic acids is 1. The Labute approximate surface area is 136 Å². The molecule has 8 heteroatoms. The summed E-state index contributed by atoms with van der Waals surface area (Å²) in [6.45, 7) is 5.94. The molecular formula is C15H17N5O2S. The Kier molecular flexibility index (Phi) is 3.77. The first-order valence-electron chi connectivity index (χ1n) is 7.14. The van der Waals surface area contributed by atoms with Gasteiger partial charge in [-0.15, -0.1) is 11.3 Å². The fourth-order valence-corrected chi connectivity index (χ4v) is 2.93. The Morgan fingerprint density at radius 1 is 1.39 bits per heavy atom.